The predicted octanol–water partition coefficient (Wildman–Crippen LogP) is 2.58. The fourth-order valence-electron chi connectivity index (χ4n) is 3.20. The molecule has 25 heavy (non-hydrogen) atoms. The van der Waals surface area contributed by atoms with E-state index < -0.39 is 0 Å². The van der Waals surface area contributed by atoms with Crippen molar-refractivity contribution in [3.8, 4) is 0 Å². The van der Waals surface area contributed by atoms with Crippen LogP contribution in [0, 0.1) is 5.92 Å². The van der Waals surface area contributed by atoms with Crippen LogP contribution in [0.1, 0.15) is 16.4 Å². The molecule has 0 fully saturated rings. The molecule has 0 amide bonds. The first-order valence-electron chi connectivity index (χ1n) is 8.44. The summed E-state index contributed by atoms with van der Waals surface area (Å²) in [5, 5.41) is 3.18. The van der Waals surface area contributed by atoms with E-state index >= 15 is 0 Å². The molecule has 1 aliphatic rings. The second kappa shape index (κ2) is 7.86. The van der Waals surface area contributed by atoms with Gasteiger partial charge in [0.15, 0.2) is 0 Å². The lowest BCUT2D eigenvalue weighted by Gasteiger charge is -2.22. The van der Waals surface area contributed by atoms with Crippen molar-refractivity contribution < 1.29 is 4.74 Å². The summed E-state index contributed by atoms with van der Waals surface area (Å²) in [6.45, 7) is 4.97. The molecule has 3 aromatic heterocycles. The number of ether oxygens (including phenoxy) is 1. The summed E-state index contributed by atoms with van der Waals surface area (Å²) in [6, 6.07) is 3.99. The molecule has 4 rings (SSSR count). The molecule has 0 saturated heterocycles. The number of hydrogen-bond acceptors (Lipinski definition) is 6. The maximum Gasteiger partial charge on any atom is 0.122 e. The third-order valence-electron chi connectivity index (χ3n) is 4.33. The highest BCUT2D eigenvalue weighted by atomic mass is 32.1. The van der Waals surface area contributed by atoms with E-state index in [1.165, 1.54) is 0 Å². The number of hydrogen-bond donors (Lipinski definition) is 0. The van der Waals surface area contributed by atoms with Crippen molar-refractivity contribution in [3.05, 3.63) is 64.9 Å². The van der Waals surface area contributed by atoms with Gasteiger partial charge in [0.05, 0.1) is 26.3 Å². The van der Waals surface area contributed by atoms with Crippen LogP contribution in [-0.2, 0) is 31.0 Å². The second-order valence-electron chi connectivity index (χ2n) is 6.33. The van der Waals surface area contributed by atoms with E-state index in [9.17, 15) is 0 Å². The molecule has 6 nitrogen and oxygen atoms in total. The number of imidazole rings is 1. The van der Waals surface area contributed by atoms with Crippen molar-refractivity contribution in [1.29, 1.82) is 0 Å². The Bertz CT molecular complexity index is 774. The predicted molar refractivity (Wildman–Crippen MR) is 95.8 cm³/mol. The Labute approximate surface area is 151 Å². The molecular formula is C18H21N5OS. The van der Waals surface area contributed by atoms with Crippen LogP contribution in [0.15, 0.2) is 48.5 Å². The molecule has 0 aliphatic carbocycles. The Morgan fingerprint density at radius 1 is 1.20 bits per heavy atom. The Balaban J connectivity index is 1.40. The van der Waals surface area contributed by atoms with Gasteiger partial charge in [-0.2, -0.15) is 0 Å². The summed E-state index contributed by atoms with van der Waals surface area (Å²) >= 11 is 1.70. The summed E-state index contributed by atoms with van der Waals surface area (Å²) < 4.78 is 8.23. The van der Waals surface area contributed by atoms with E-state index in [1.807, 2.05) is 36.1 Å². The third kappa shape index (κ3) is 4.31. The van der Waals surface area contributed by atoms with E-state index in [0.717, 1.165) is 49.2 Å². The SMILES string of the molecule is c1cncc(COCC2CN(Cc3nccs3)Cc3nccn3C2)c1. The zero-order valence-electron chi connectivity index (χ0n) is 14.0. The number of aromatic nitrogens is 4. The zero-order valence-corrected chi connectivity index (χ0v) is 14.8. The molecule has 4 heterocycles. The molecule has 0 bridgehead atoms. The fraction of sp³-hybridized carbons (Fsp3) is 0.389. The molecule has 1 unspecified atom stereocenters. The van der Waals surface area contributed by atoms with Crippen LogP contribution in [0.4, 0.5) is 0 Å². The molecule has 1 aliphatic heterocycles. The largest absolute Gasteiger partial charge is 0.376 e. The monoisotopic (exact) mass is 355 g/mol. The van der Waals surface area contributed by atoms with Gasteiger partial charge in [-0.25, -0.2) is 9.97 Å². The standard InChI is InChI=1S/C18H21N5OS/c1-2-15(8-19-3-1)13-24-14-16-9-22(12-18-21-5-7-25-18)11-17-20-4-6-23(17)10-16/h1-8,16H,9-14H2. The van der Waals surface area contributed by atoms with Crippen LogP contribution in [0.5, 0.6) is 0 Å². The highest BCUT2D eigenvalue weighted by Gasteiger charge is 2.23. The van der Waals surface area contributed by atoms with E-state index in [4.69, 9.17) is 4.74 Å². The molecule has 7 heteroatoms. The Kier molecular flexibility index (Phi) is 5.15. The molecule has 0 radical (unpaired) electrons. The van der Waals surface area contributed by atoms with Gasteiger partial charge in [-0.1, -0.05) is 6.07 Å². The number of fused-ring (bicyclic) bond motifs is 1. The summed E-state index contributed by atoms with van der Waals surface area (Å²) in [6.07, 6.45) is 9.46. The first-order chi connectivity index (χ1) is 12.4. The van der Waals surface area contributed by atoms with Crippen LogP contribution < -0.4 is 0 Å². The summed E-state index contributed by atoms with van der Waals surface area (Å²) in [7, 11) is 0. The van der Waals surface area contributed by atoms with Gasteiger partial charge in [-0.15, -0.1) is 11.3 Å². The van der Waals surface area contributed by atoms with Gasteiger partial charge in [-0.05, 0) is 11.6 Å². The van der Waals surface area contributed by atoms with E-state index in [2.05, 4.69) is 30.6 Å². The molecular weight excluding hydrogens is 334 g/mol. The molecule has 3 aromatic rings. The second-order valence-corrected chi connectivity index (χ2v) is 7.31. The van der Waals surface area contributed by atoms with Gasteiger partial charge >= 0.3 is 0 Å². The van der Waals surface area contributed by atoms with Crippen molar-refractivity contribution in [2.24, 2.45) is 5.92 Å². The summed E-state index contributed by atoms with van der Waals surface area (Å²) in [4.78, 5) is 15.5. The first-order valence-corrected chi connectivity index (χ1v) is 9.32. The van der Waals surface area contributed by atoms with Crippen molar-refractivity contribution in [2.75, 3.05) is 13.2 Å². The first kappa shape index (κ1) is 16.4. The minimum atomic E-state index is 0.423. The lowest BCUT2D eigenvalue weighted by atomic mass is 10.1. The third-order valence-corrected chi connectivity index (χ3v) is 5.09. The number of pyridine rings is 1. The molecule has 130 valence electrons. The van der Waals surface area contributed by atoms with Crippen LogP contribution >= 0.6 is 11.3 Å². The minimum Gasteiger partial charge on any atom is -0.376 e. The normalized spacial score (nSPS) is 18.0. The quantitative estimate of drug-likeness (QED) is 0.680. The fourth-order valence-corrected chi connectivity index (χ4v) is 3.86. The number of thiazole rings is 1. The van der Waals surface area contributed by atoms with Gasteiger partial charge in [0.25, 0.3) is 0 Å². The van der Waals surface area contributed by atoms with Gasteiger partial charge in [0.1, 0.15) is 10.8 Å². The van der Waals surface area contributed by atoms with Crippen molar-refractivity contribution in [1.82, 2.24) is 24.4 Å². The Morgan fingerprint density at radius 2 is 2.20 bits per heavy atom. The maximum atomic E-state index is 5.98. The van der Waals surface area contributed by atoms with Gasteiger partial charge in [-0.3, -0.25) is 9.88 Å². The smallest absolute Gasteiger partial charge is 0.122 e. The molecule has 0 saturated carbocycles. The van der Waals surface area contributed by atoms with Crippen LogP contribution in [0.25, 0.3) is 0 Å². The van der Waals surface area contributed by atoms with Gasteiger partial charge in [0, 0.05) is 55.4 Å². The number of rotatable bonds is 6. The van der Waals surface area contributed by atoms with E-state index in [1.54, 1.807) is 17.5 Å². The van der Waals surface area contributed by atoms with Gasteiger partial charge < -0.3 is 9.30 Å². The molecule has 0 N–H and O–H groups in total. The van der Waals surface area contributed by atoms with Crippen molar-refractivity contribution >= 4 is 11.3 Å². The lowest BCUT2D eigenvalue weighted by molar-refractivity contribution is 0.0664. The zero-order chi connectivity index (χ0) is 16.9. The van der Waals surface area contributed by atoms with Crippen LogP contribution in [0.2, 0.25) is 0 Å². The Hall–Kier alpha value is -2.09. The van der Waals surface area contributed by atoms with E-state index in [-0.39, 0.29) is 0 Å². The average Bonchev–Trinajstić information content (AvgIpc) is 3.25. The molecule has 1 atom stereocenters. The topological polar surface area (TPSA) is 56.1 Å². The van der Waals surface area contributed by atoms with Gasteiger partial charge in [0.2, 0.25) is 0 Å². The lowest BCUT2D eigenvalue weighted by Crippen LogP contribution is -2.30. The molecule has 0 spiro atoms. The maximum absolute atomic E-state index is 5.98. The van der Waals surface area contributed by atoms with Crippen molar-refractivity contribution in [2.45, 2.75) is 26.2 Å². The number of nitrogens with zero attached hydrogens (tertiary/aromatic N) is 5. The minimum absolute atomic E-state index is 0.423. The van der Waals surface area contributed by atoms with Crippen molar-refractivity contribution in [3.63, 3.8) is 0 Å². The van der Waals surface area contributed by atoms with Crippen LogP contribution in [-0.4, -0.2) is 37.6 Å². The van der Waals surface area contributed by atoms with Crippen LogP contribution in [0.3, 0.4) is 0 Å². The highest BCUT2D eigenvalue weighted by molar-refractivity contribution is 7.09. The highest BCUT2D eigenvalue weighted by Crippen LogP contribution is 2.19. The van der Waals surface area contributed by atoms with E-state index in [0.29, 0.717) is 12.5 Å². The Morgan fingerprint density at radius 3 is 3.04 bits per heavy atom. The average molecular weight is 355 g/mol. The molecule has 0 aromatic carbocycles. The summed E-state index contributed by atoms with van der Waals surface area (Å²) in [5.41, 5.74) is 1.11. The summed E-state index contributed by atoms with van der Waals surface area (Å²) in [5.74, 6) is 1.54.